The van der Waals surface area contributed by atoms with E-state index in [1.165, 1.54) is 0 Å². The van der Waals surface area contributed by atoms with Crippen LogP contribution in [-0.4, -0.2) is 43.3 Å². The van der Waals surface area contributed by atoms with Gasteiger partial charge in [-0.1, -0.05) is 17.7 Å². The summed E-state index contributed by atoms with van der Waals surface area (Å²) in [5.41, 5.74) is 1.56. The van der Waals surface area contributed by atoms with Crippen LogP contribution in [0.3, 0.4) is 0 Å². The molecule has 0 spiro atoms. The van der Waals surface area contributed by atoms with Gasteiger partial charge in [-0.25, -0.2) is 8.42 Å². The topological polar surface area (TPSA) is 79.6 Å². The minimum atomic E-state index is -3.05. The van der Waals surface area contributed by atoms with E-state index in [0.717, 1.165) is 5.56 Å². The van der Waals surface area contributed by atoms with Gasteiger partial charge in [0, 0.05) is 16.8 Å². The Balaban J connectivity index is 1.72. The lowest BCUT2D eigenvalue weighted by molar-refractivity contribution is -0.118. The summed E-state index contributed by atoms with van der Waals surface area (Å²) in [4.78, 5) is 14.4. The number of hydrogen-bond acceptors (Lipinski definition) is 5. The Labute approximate surface area is 158 Å². The van der Waals surface area contributed by atoms with Crippen molar-refractivity contribution in [3.63, 3.8) is 0 Å². The third-order valence-electron chi connectivity index (χ3n) is 4.48. The van der Waals surface area contributed by atoms with Crippen LogP contribution >= 0.6 is 11.6 Å². The number of carbonyl (C=O) groups excluding carboxylic acids is 1. The molecule has 2 heterocycles. The number of carbonyl (C=O) groups is 1. The van der Waals surface area contributed by atoms with Crippen LogP contribution in [0.2, 0.25) is 5.02 Å². The van der Waals surface area contributed by atoms with Crippen molar-refractivity contribution in [1.29, 1.82) is 0 Å². The Kier molecular flexibility index (Phi) is 5.70. The second-order valence-corrected chi connectivity index (χ2v) is 9.21. The zero-order valence-corrected chi connectivity index (χ0v) is 16.0. The summed E-state index contributed by atoms with van der Waals surface area (Å²) >= 11 is 6.00. The number of nitrogens with one attached hydrogen (secondary N) is 1. The molecule has 1 aromatic carbocycles. The van der Waals surface area contributed by atoms with Crippen molar-refractivity contribution in [2.24, 2.45) is 0 Å². The number of aryl methyl sites for hydroxylation is 1. The van der Waals surface area contributed by atoms with Gasteiger partial charge < -0.3 is 9.73 Å². The van der Waals surface area contributed by atoms with Gasteiger partial charge >= 0.3 is 0 Å². The molecule has 6 nitrogen and oxygen atoms in total. The summed E-state index contributed by atoms with van der Waals surface area (Å²) in [6.07, 6.45) is 2.08. The van der Waals surface area contributed by atoms with Crippen molar-refractivity contribution in [3.8, 4) is 0 Å². The number of rotatable bonds is 6. The molecular formula is C18H21ClN2O4S. The largest absolute Gasteiger partial charge is 0.468 e. The van der Waals surface area contributed by atoms with E-state index in [4.69, 9.17) is 16.0 Å². The second kappa shape index (κ2) is 7.82. The van der Waals surface area contributed by atoms with Crippen LogP contribution < -0.4 is 5.32 Å². The molecule has 8 heteroatoms. The summed E-state index contributed by atoms with van der Waals surface area (Å²) in [5, 5.41) is 3.40. The molecule has 26 heavy (non-hydrogen) atoms. The first-order valence-electron chi connectivity index (χ1n) is 8.35. The standard InChI is InChI=1S/C18H21ClN2O4S/c1-13-4-5-14(19)9-17(13)20-18(22)11-21(10-16-3-2-7-25-16)15-6-8-26(23,24)12-15/h2-5,7,9,15H,6,8,10-12H2,1H3,(H,20,22)/t15-/m1/s1. The molecular weight excluding hydrogens is 376 g/mol. The number of benzene rings is 1. The molecule has 1 saturated heterocycles. The van der Waals surface area contributed by atoms with Crippen molar-refractivity contribution in [2.45, 2.75) is 25.9 Å². The van der Waals surface area contributed by atoms with E-state index in [2.05, 4.69) is 5.32 Å². The van der Waals surface area contributed by atoms with E-state index >= 15 is 0 Å². The van der Waals surface area contributed by atoms with Gasteiger partial charge in [0.1, 0.15) is 5.76 Å². The molecule has 0 aliphatic carbocycles. The average Bonchev–Trinajstić information content (AvgIpc) is 3.19. The first kappa shape index (κ1) is 18.9. The monoisotopic (exact) mass is 396 g/mol. The average molecular weight is 397 g/mol. The highest BCUT2D eigenvalue weighted by Crippen LogP contribution is 2.22. The maximum atomic E-state index is 12.6. The Bertz CT molecular complexity index is 881. The number of sulfone groups is 1. The van der Waals surface area contributed by atoms with Gasteiger partial charge in [0.2, 0.25) is 5.91 Å². The Morgan fingerprint density at radius 1 is 1.38 bits per heavy atom. The normalized spacial score (nSPS) is 19.0. The molecule has 1 atom stereocenters. The van der Waals surface area contributed by atoms with Crippen LogP contribution in [0, 0.1) is 6.92 Å². The predicted molar refractivity (Wildman–Crippen MR) is 101 cm³/mol. The van der Waals surface area contributed by atoms with Crippen LogP contribution in [0.1, 0.15) is 17.7 Å². The molecule has 1 N–H and O–H groups in total. The van der Waals surface area contributed by atoms with E-state index < -0.39 is 9.84 Å². The fraction of sp³-hybridized carbons (Fsp3) is 0.389. The van der Waals surface area contributed by atoms with Gasteiger partial charge in [-0.3, -0.25) is 9.69 Å². The van der Waals surface area contributed by atoms with E-state index in [9.17, 15) is 13.2 Å². The van der Waals surface area contributed by atoms with E-state index in [0.29, 0.717) is 29.4 Å². The fourth-order valence-electron chi connectivity index (χ4n) is 3.08. The van der Waals surface area contributed by atoms with Crippen molar-refractivity contribution < 1.29 is 17.6 Å². The number of nitrogens with zero attached hydrogens (tertiary/aromatic N) is 1. The summed E-state index contributed by atoms with van der Waals surface area (Å²) in [6, 6.07) is 8.69. The lowest BCUT2D eigenvalue weighted by Gasteiger charge is -2.26. The van der Waals surface area contributed by atoms with E-state index in [1.54, 1.807) is 24.5 Å². The molecule has 2 aromatic rings. The van der Waals surface area contributed by atoms with E-state index in [1.807, 2.05) is 24.0 Å². The minimum Gasteiger partial charge on any atom is -0.468 e. The van der Waals surface area contributed by atoms with Gasteiger partial charge in [0.05, 0.1) is 30.9 Å². The van der Waals surface area contributed by atoms with Crippen LogP contribution in [0.4, 0.5) is 5.69 Å². The molecule has 1 fully saturated rings. The molecule has 140 valence electrons. The molecule has 1 amide bonds. The highest BCUT2D eigenvalue weighted by molar-refractivity contribution is 7.91. The quantitative estimate of drug-likeness (QED) is 0.812. The maximum absolute atomic E-state index is 12.6. The molecule has 0 saturated carbocycles. The Morgan fingerprint density at radius 3 is 2.85 bits per heavy atom. The third kappa shape index (κ3) is 4.87. The number of furan rings is 1. The van der Waals surface area contributed by atoms with Gasteiger partial charge in [0.15, 0.2) is 9.84 Å². The molecule has 3 rings (SSSR count). The van der Waals surface area contributed by atoms with Gasteiger partial charge in [-0.2, -0.15) is 0 Å². The number of anilines is 1. The summed E-state index contributed by atoms with van der Waals surface area (Å²) in [7, 11) is -3.05. The SMILES string of the molecule is Cc1ccc(Cl)cc1NC(=O)CN(Cc1ccco1)[C@@H]1CCS(=O)(=O)C1. The maximum Gasteiger partial charge on any atom is 0.238 e. The molecule has 1 aromatic heterocycles. The summed E-state index contributed by atoms with van der Waals surface area (Å²) < 4.78 is 29.1. The van der Waals surface area contributed by atoms with Crippen LogP contribution in [0.25, 0.3) is 0 Å². The van der Waals surface area contributed by atoms with Crippen molar-refractivity contribution in [2.75, 3.05) is 23.4 Å². The summed E-state index contributed by atoms with van der Waals surface area (Å²) in [6.45, 7) is 2.35. The number of hydrogen-bond donors (Lipinski definition) is 1. The highest BCUT2D eigenvalue weighted by Gasteiger charge is 2.33. The van der Waals surface area contributed by atoms with Crippen molar-refractivity contribution in [3.05, 3.63) is 52.9 Å². The first-order chi connectivity index (χ1) is 12.3. The summed E-state index contributed by atoms with van der Waals surface area (Å²) in [5.74, 6) is 0.700. The van der Waals surface area contributed by atoms with Gasteiger partial charge in [0.25, 0.3) is 0 Å². The molecule has 0 bridgehead atoms. The van der Waals surface area contributed by atoms with Gasteiger partial charge in [-0.05, 0) is 43.2 Å². The number of amides is 1. The van der Waals surface area contributed by atoms with Crippen LogP contribution in [0.15, 0.2) is 41.0 Å². The van der Waals surface area contributed by atoms with Crippen LogP contribution in [0.5, 0.6) is 0 Å². The lowest BCUT2D eigenvalue weighted by atomic mass is 10.2. The van der Waals surface area contributed by atoms with Gasteiger partial charge in [-0.15, -0.1) is 0 Å². The van der Waals surface area contributed by atoms with Crippen molar-refractivity contribution in [1.82, 2.24) is 4.90 Å². The zero-order chi connectivity index (χ0) is 18.7. The molecule has 0 unspecified atom stereocenters. The van der Waals surface area contributed by atoms with Crippen LogP contribution in [-0.2, 0) is 21.2 Å². The molecule has 0 radical (unpaired) electrons. The molecule has 1 aliphatic heterocycles. The Morgan fingerprint density at radius 2 is 2.19 bits per heavy atom. The van der Waals surface area contributed by atoms with E-state index in [-0.39, 0.29) is 30.0 Å². The number of halogens is 1. The fourth-order valence-corrected chi connectivity index (χ4v) is 5.02. The zero-order valence-electron chi connectivity index (χ0n) is 14.4. The molecule has 1 aliphatic rings. The lowest BCUT2D eigenvalue weighted by Crippen LogP contribution is -2.41. The third-order valence-corrected chi connectivity index (χ3v) is 6.47. The highest BCUT2D eigenvalue weighted by atomic mass is 35.5. The second-order valence-electron chi connectivity index (χ2n) is 6.55. The Hall–Kier alpha value is -1.83. The minimum absolute atomic E-state index is 0.0666. The predicted octanol–water partition coefficient (Wildman–Crippen LogP) is 2.87. The van der Waals surface area contributed by atoms with Crippen molar-refractivity contribution >= 4 is 33.0 Å². The first-order valence-corrected chi connectivity index (χ1v) is 10.6. The smallest absolute Gasteiger partial charge is 0.238 e.